The Morgan fingerprint density at radius 3 is 2.60 bits per heavy atom. The number of aliphatic hydroxyl groups is 1. The Morgan fingerprint density at radius 2 is 1.85 bits per heavy atom. The molecule has 0 saturated carbocycles. The molecule has 2 aromatic rings. The predicted molar refractivity (Wildman–Crippen MR) is 82.2 cm³/mol. The lowest BCUT2D eigenvalue weighted by molar-refractivity contribution is 0.107. The maximum atomic E-state index is 10.3. The van der Waals surface area contributed by atoms with E-state index in [0.29, 0.717) is 0 Å². The summed E-state index contributed by atoms with van der Waals surface area (Å²) in [6.45, 7) is 6.42. The highest BCUT2D eigenvalue weighted by Gasteiger charge is 2.12. The number of para-hydroxylation sites is 1. The van der Waals surface area contributed by atoms with Gasteiger partial charge in [-0.25, -0.2) is 0 Å². The van der Waals surface area contributed by atoms with Crippen LogP contribution in [0.5, 0.6) is 5.75 Å². The third-order valence-corrected chi connectivity index (χ3v) is 3.54. The van der Waals surface area contributed by atoms with E-state index in [1.165, 1.54) is 5.56 Å². The van der Waals surface area contributed by atoms with Crippen molar-refractivity contribution in [3.8, 4) is 5.75 Å². The lowest BCUT2D eigenvalue weighted by Gasteiger charge is -2.17. The predicted octanol–water partition coefficient (Wildman–Crippen LogP) is 3.98. The Hall–Kier alpha value is -1.80. The van der Waals surface area contributed by atoms with Crippen LogP contribution in [0.2, 0.25) is 0 Å². The second-order valence-electron chi connectivity index (χ2n) is 5.15. The molecule has 106 valence electrons. The van der Waals surface area contributed by atoms with E-state index in [1.807, 2.05) is 44.2 Å². The van der Waals surface area contributed by atoms with Crippen LogP contribution in [0.4, 0.5) is 0 Å². The quantitative estimate of drug-likeness (QED) is 0.890. The summed E-state index contributed by atoms with van der Waals surface area (Å²) in [5.41, 5.74) is 4.36. The van der Waals surface area contributed by atoms with Gasteiger partial charge in [0.25, 0.3) is 0 Å². The van der Waals surface area contributed by atoms with Gasteiger partial charge in [0, 0.05) is 0 Å². The molecule has 0 fully saturated rings. The highest BCUT2D eigenvalue weighted by molar-refractivity contribution is 5.34. The second-order valence-corrected chi connectivity index (χ2v) is 5.15. The summed E-state index contributed by atoms with van der Waals surface area (Å²) in [4.78, 5) is 0. The van der Waals surface area contributed by atoms with Crippen molar-refractivity contribution < 1.29 is 9.84 Å². The fourth-order valence-electron chi connectivity index (χ4n) is 2.31. The molecule has 2 rings (SSSR count). The van der Waals surface area contributed by atoms with Gasteiger partial charge < -0.3 is 9.84 Å². The standard InChI is InChI=1S/C18H22O2/c1-4-15-7-5-6-8-18(15)20-12-17(19)16-11-13(2)9-10-14(16)3/h5-11,17,19H,4,12H2,1-3H3. The van der Waals surface area contributed by atoms with Gasteiger partial charge in [0.1, 0.15) is 18.5 Å². The highest BCUT2D eigenvalue weighted by Crippen LogP contribution is 2.23. The molecule has 0 spiro atoms. The normalized spacial score (nSPS) is 12.2. The zero-order valence-corrected chi connectivity index (χ0v) is 12.4. The van der Waals surface area contributed by atoms with E-state index in [2.05, 4.69) is 19.1 Å². The van der Waals surface area contributed by atoms with Gasteiger partial charge in [-0.15, -0.1) is 0 Å². The number of benzene rings is 2. The van der Waals surface area contributed by atoms with Crippen LogP contribution in [0.1, 0.15) is 35.3 Å². The van der Waals surface area contributed by atoms with Crippen molar-refractivity contribution in [1.82, 2.24) is 0 Å². The van der Waals surface area contributed by atoms with Crippen LogP contribution in [0.15, 0.2) is 42.5 Å². The molecule has 2 nitrogen and oxygen atoms in total. The summed E-state index contributed by atoms with van der Waals surface area (Å²) in [6, 6.07) is 14.1. The Labute approximate surface area is 121 Å². The number of rotatable bonds is 5. The Bertz CT molecular complexity index is 575. The summed E-state index contributed by atoms with van der Waals surface area (Å²) in [7, 11) is 0. The molecule has 0 aliphatic carbocycles. The average molecular weight is 270 g/mol. The third-order valence-electron chi connectivity index (χ3n) is 3.54. The minimum Gasteiger partial charge on any atom is -0.490 e. The third kappa shape index (κ3) is 3.40. The van der Waals surface area contributed by atoms with Crippen LogP contribution in [-0.4, -0.2) is 11.7 Å². The summed E-state index contributed by atoms with van der Waals surface area (Å²) >= 11 is 0. The van der Waals surface area contributed by atoms with Gasteiger partial charge >= 0.3 is 0 Å². The van der Waals surface area contributed by atoms with E-state index in [4.69, 9.17) is 4.74 Å². The largest absolute Gasteiger partial charge is 0.490 e. The molecule has 0 heterocycles. The number of hydrogen-bond donors (Lipinski definition) is 1. The maximum absolute atomic E-state index is 10.3. The molecular weight excluding hydrogens is 248 g/mol. The minimum absolute atomic E-state index is 0.279. The van der Waals surface area contributed by atoms with Gasteiger partial charge in [-0.1, -0.05) is 48.9 Å². The zero-order chi connectivity index (χ0) is 14.5. The second kappa shape index (κ2) is 6.58. The molecule has 1 N–H and O–H groups in total. The van der Waals surface area contributed by atoms with Crippen LogP contribution in [0.25, 0.3) is 0 Å². The Balaban J connectivity index is 2.08. The van der Waals surface area contributed by atoms with Crippen molar-refractivity contribution in [2.75, 3.05) is 6.61 Å². The molecule has 2 heteroatoms. The van der Waals surface area contributed by atoms with Crippen molar-refractivity contribution >= 4 is 0 Å². The molecule has 0 radical (unpaired) electrons. The van der Waals surface area contributed by atoms with Gasteiger partial charge in [-0.3, -0.25) is 0 Å². The fraction of sp³-hybridized carbons (Fsp3) is 0.333. The Morgan fingerprint density at radius 1 is 1.10 bits per heavy atom. The number of aryl methyl sites for hydroxylation is 3. The first-order chi connectivity index (χ1) is 9.61. The van der Waals surface area contributed by atoms with Crippen LogP contribution in [0, 0.1) is 13.8 Å². The van der Waals surface area contributed by atoms with Gasteiger partial charge in [0.05, 0.1) is 0 Å². The van der Waals surface area contributed by atoms with E-state index in [9.17, 15) is 5.11 Å². The number of hydrogen-bond acceptors (Lipinski definition) is 2. The molecule has 0 bridgehead atoms. The van der Waals surface area contributed by atoms with Crippen LogP contribution < -0.4 is 4.74 Å². The molecule has 0 amide bonds. The van der Waals surface area contributed by atoms with Crippen LogP contribution in [-0.2, 0) is 6.42 Å². The fourth-order valence-corrected chi connectivity index (χ4v) is 2.31. The number of ether oxygens (including phenoxy) is 1. The van der Waals surface area contributed by atoms with E-state index < -0.39 is 6.10 Å². The monoisotopic (exact) mass is 270 g/mol. The van der Waals surface area contributed by atoms with Gasteiger partial charge in [-0.2, -0.15) is 0 Å². The maximum Gasteiger partial charge on any atom is 0.122 e. The van der Waals surface area contributed by atoms with E-state index in [-0.39, 0.29) is 6.61 Å². The van der Waals surface area contributed by atoms with Crippen molar-refractivity contribution in [1.29, 1.82) is 0 Å². The van der Waals surface area contributed by atoms with E-state index in [1.54, 1.807) is 0 Å². The smallest absolute Gasteiger partial charge is 0.122 e. The zero-order valence-electron chi connectivity index (χ0n) is 12.4. The SMILES string of the molecule is CCc1ccccc1OCC(O)c1cc(C)ccc1C. The molecular formula is C18H22O2. The first-order valence-electron chi connectivity index (χ1n) is 7.07. The lowest BCUT2D eigenvalue weighted by atomic mass is 10.0. The van der Waals surface area contributed by atoms with E-state index >= 15 is 0 Å². The summed E-state index contributed by atoms with van der Waals surface area (Å²) in [5.74, 6) is 0.861. The molecule has 0 aliphatic heterocycles. The van der Waals surface area contributed by atoms with Crippen LogP contribution in [0.3, 0.4) is 0 Å². The van der Waals surface area contributed by atoms with Crippen molar-refractivity contribution in [3.05, 3.63) is 64.7 Å². The first-order valence-corrected chi connectivity index (χ1v) is 7.07. The molecule has 0 aromatic heterocycles. The molecule has 20 heavy (non-hydrogen) atoms. The summed E-state index contributed by atoms with van der Waals surface area (Å²) in [6.07, 6.45) is 0.329. The van der Waals surface area contributed by atoms with Gasteiger partial charge in [0.15, 0.2) is 0 Å². The van der Waals surface area contributed by atoms with Gasteiger partial charge in [-0.05, 0) is 43.0 Å². The lowest BCUT2D eigenvalue weighted by Crippen LogP contribution is -2.12. The number of aliphatic hydroxyl groups excluding tert-OH is 1. The van der Waals surface area contributed by atoms with Crippen molar-refractivity contribution in [2.24, 2.45) is 0 Å². The van der Waals surface area contributed by atoms with Crippen LogP contribution >= 0.6 is 0 Å². The molecule has 2 aromatic carbocycles. The van der Waals surface area contributed by atoms with E-state index in [0.717, 1.165) is 28.9 Å². The average Bonchev–Trinajstić information content (AvgIpc) is 2.47. The van der Waals surface area contributed by atoms with Crippen molar-refractivity contribution in [2.45, 2.75) is 33.3 Å². The highest BCUT2D eigenvalue weighted by atomic mass is 16.5. The van der Waals surface area contributed by atoms with Crippen molar-refractivity contribution in [3.63, 3.8) is 0 Å². The Kier molecular flexibility index (Phi) is 4.80. The van der Waals surface area contributed by atoms with Gasteiger partial charge in [0.2, 0.25) is 0 Å². The summed E-state index contributed by atoms with van der Waals surface area (Å²) in [5, 5.41) is 10.3. The summed E-state index contributed by atoms with van der Waals surface area (Å²) < 4.78 is 5.79. The molecule has 0 aliphatic rings. The molecule has 1 unspecified atom stereocenters. The molecule has 0 saturated heterocycles. The minimum atomic E-state index is -0.597. The topological polar surface area (TPSA) is 29.5 Å². The molecule has 1 atom stereocenters. The first kappa shape index (κ1) is 14.6.